The van der Waals surface area contributed by atoms with E-state index in [1.54, 1.807) is 7.11 Å². The zero-order valence-corrected chi connectivity index (χ0v) is 22.4. The fourth-order valence-corrected chi connectivity index (χ4v) is 5.79. The van der Waals surface area contributed by atoms with E-state index in [-0.39, 0.29) is 36.4 Å². The normalized spacial score (nSPS) is 20.8. The van der Waals surface area contributed by atoms with Gasteiger partial charge in [0.05, 0.1) is 26.2 Å². The van der Waals surface area contributed by atoms with E-state index < -0.39 is 5.92 Å². The molecule has 1 saturated heterocycles. The van der Waals surface area contributed by atoms with E-state index in [4.69, 9.17) is 18.9 Å². The van der Waals surface area contributed by atoms with Crippen molar-refractivity contribution < 1.29 is 28.5 Å². The molecule has 1 fully saturated rings. The van der Waals surface area contributed by atoms with Crippen LogP contribution in [0, 0.1) is 11.8 Å². The Morgan fingerprint density at radius 3 is 2.30 bits per heavy atom. The van der Waals surface area contributed by atoms with Crippen molar-refractivity contribution in [3.8, 4) is 17.2 Å². The largest absolute Gasteiger partial charge is 0.497 e. The van der Waals surface area contributed by atoms with Crippen LogP contribution in [0.5, 0.6) is 17.2 Å². The van der Waals surface area contributed by atoms with Gasteiger partial charge in [-0.15, -0.1) is 0 Å². The van der Waals surface area contributed by atoms with E-state index in [2.05, 4.69) is 18.7 Å². The van der Waals surface area contributed by atoms with E-state index in [9.17, 15) is 9.59 Å². The van der Waals surface area contributed by atoms with Crippen LogP contribution >= 0.6 is 0 Å². The summed E-state index contributed by atoms with van der Waals surface area (Å²) in [5, 5.41) is 0. The van der Waals surface area contributed by atoms with Crippen LogP contribution in [-0.2, 0) is 14.3 Å². The summed E-state index contributed by atoms with van der Waals surface area (Å²) >= 11 is 0. The highest BCUT2D eigenvalue weighted by atomic mass is 16.7. The summed E-state index contributed by atoms with van der Waals surface area (Å²) in [4.78, 5) is 29.2. The lowest BCUT2D eigenvalue weighted by Gasteiger charge is -2.29. The minimum absolute atomic E-state index is 0.0390. The number of hydrogen-bond donors (Lipinski definition) is 0. The Bertz CT molecular complexity index is 1060. The zero-order valence-electron chi connectivity index (χ0n) is 22.4. The van der Waals surface area contributed by atoms with Crippen LogP contribution in [0.15, 0.2) is 42.5 Å². The number of Topliss-reactive ketones (excluding diaryl/α,β-unsaturated/α-hetero) is 1. The molecule has 0 spiro atoms. The number of carbonyl (C=O) groups excluding carboxylic acids is 2. The number of ether oxygens (including phenoxy) is 4. The first kappa shape index (κ1) is 27.0. The number of rotatable bonds is 12. The summed E-state index contributed by atoms with van der Waals surface area (Å²) in [6, 6.07) is 13.4. The van der Waals surface area contributed by atoms with Gasteiger partial charge < -0.3 is 18.9 Å². The Kier molecular flexibility index (Phi) is 9.09. The lowest BCUT2D eigenvalue weighted by Crippen LogP contribution is -2.35. The topological polar surface area (TPSA) is 74.3 Å². The first-order chi connectivity index (χ1) is 18.0. The van der Waals surface area contributed by atoms with Gasteiger partial charge in [-0.1, -0.05) is 44.9 Å². The predicted molar refractivity (Wildman–Crippen MR) is 141 cm³/mol. The van der Waals surface area contributed by atoms with Crippen molar-refractivity contribution in [2.24, 2.45) is 11.8 Å². The molecule has 2 aromatic carbocycles. The number of carbonyl (C=O) groups is 2. The highest BCUT2D eigenvalue weighted by molar-refractivity contribution is 5.83. The molecule has 0 amide bonds. The van der Waals surface area contributed by atoms with E-state index in [1.165, 1.54) is 0 Å². The number of benzene rings is 2. The van der Waals surface area contributed by atoms with E-state index in [0.29, 0.717) is 31.2 Å². The average Bonchev–Trinajstić information content (AvgIpc) is 3.53. The maximum atomic E-state index is 13.5. The molecule has 7 heteroatoms. The molecule has 3 atom stereocenters. The first-order valence-corrected chi connectivity index (χ1v) is 13.5. The third-order valence-corrected chi connectivity index (χ3v) is 7.53. The Balaban J connectivity index is 1.73. The lowest BCUT2D eigenvalue weighted by atomic mass is 9.82. The molecule has 0 radical (unpaired) electrons. The first-order valence-electron chi connectivity index (χ1n) is 13.5. The van der Waals surface area contributed by atoms with Gasteiger partial charge in [0.25, 0.3) is 0 Å². The van der Waals surface area contributed by atoms with Gasteiger partial charge in [0.15, 0.2) is 11.5 Å². The monoisotopic (exact) mass is 509 g/mol. The van der Waals surface area contributed by atoms with Crippen LogP contribution in [0.4, 0.5) is 0 Å². The smallest absolute Gasteiger partial charge is 0.311 e. The van der Waals surface area contributed by atoms with E-state index in [0.717, 1.165) is 42.6 Å². The van der Waals surface area contributed by atoms with Crippen molar-refractivity contribution in [1.29, 1.82) is 0 Å². The van der Waals surface area contributed by atoms with Crippen molar-refractivity contribution in [3.63, 3.8) is 0 Å². The number of ketones is 1. The summed E-state index contributed by atoms with van der Waals surface area (Å²) < 4.78 is 22.1. The highest BCUT2D eigenvalue weighted by Gasteiger charge is 2.49. The SMILES string of the molecule is CCCC(CCC)C(=O)CN1C[C@H](c2ccc3c(c2)OCO3)[C@H](C(=O)OCC)[C@H]1c1ccc(OC)cc1. The summed E-state index contributed by atoms with van der Waals surface area (Å²) in [5.74, 6) is 1.53. The fourth-order valence-electron chi connectivity index (χ4n) is 5.79. The number of nitrogens with zero attached hydrogens (tertiary/aromatic N) is 1. The van der Waals surface area contributed by atoms with Crippen molar-refractivity contribution in [2.75, 3.05) is 33.6 Å². The van der Waals surface area contributed by atoms with Crippen LogP contribution < -0.4 is 14.2 Å². The van der Waals surface area contributed by atoms with Gasteiger partial charge in [-0.05, 0) is 55.2 Å². The Hall–Kier alpha value is -3.06. The molecular weight excluding hydrogens is 470 g/mol. The quantitative estimate of drug-likeness (QED) is 0.348. The second-order valence-corrected chi connectivity index (χ2v) is 9.89. The minimum atomic E-state index is -0.475. The molecule has 0 bridgehead atoms. The van der Waals surface area contributed by atoms with E-state index >= 15 is 0 Å². The van der Waals surface area contributed by atoms with Gasteiger partial charge in [0.1, 0.15) is 11.5 Å². The van der Waals surface area contributed by atoms with E-state index in [1.807, 2.05) is 49.4 Å². The Labute approximate surface area is 220 Å². The van der Waals surface area contributed by atoms with Gasteiger partial charge in [-0.3, -0.25) is 14.5 Å². The van der Waals surface area contributed by atoms with Gasteiger partial charge >= 0.3 is 5.97 Å². The van der Waals surface area contributed by atoms with Crippen LogP contribution in [0.25, 0.3) is 0 Å². The maximum Gasteiger partial charge on any atom is 0.311 e. The molecule has 0 unspecified atom stereocenters. The Morgan fingerprint density at radius 1 is 0.973 bits per heavy atom. The molecule has 37 heavy (non-hydrogen) atoms. The summed E-state index contributed by atoms with van der Waals surface area (Å²) in [6.45, 7) is 7.43. The van der Waals surface area contributed by atoms with Crippen LogP contribution in [0.1, 0.15) is 69.5 Å². The predicted octanol–water partition coefficient (Wildman–Crippen LogP) is 5.53. The second kappa shape index (κ2) is 12.5. The lowest BCUT2D eigenvalue weighted by molar-refractivity contribution is -0.149. The molecular formula is C30H39NO6. The van der Waals surface area contributed by atoms with Crippen LogP contribution in [-0.4, -0.2) is 50.3 Å². The van der Waals surface area contributed by atoms with Gasteiger partial charge in [-0.2, -0.15) is 0 Å². The van der Waals surface area contributed by atoms with Crippen molar-refractivity contribution >= 4 is 11.8 Å². The standard InChI is InChI=1S/C30H39NO6/c1-5-8-20(9-6-2)25(32)18-31-17-24(22-12-15-26-27(16-22)37-19-36-26)28(30(33)35-7-3)29(31)21-10-13-23(34-4)14-11-21/h10-16,20,24,28-29H,5-9,17-19H2,1-4H3/t24-,28+,29-/m1/s1. The summed E-state index contributed by atoms with van der Waals surface area (Å²) in [6.07, 6.45) is 3.73. The maximum absolute atomic E-state index is 13.5. The molecule has 0 N–H and O–H groups in total. The van der Waals surface area contributed by atoms with Crippen molar-refractivity contribution in [2.45, 2.75) is 58.4 Å². The number of fused-ring (bicyclic) bond motifs is 1. The summed E-state index contributed by atoms with van der Waals surface area (Å²) in [5.41, 5.74) is 1.95. The second-order valence-electron chi connectivity index (χ2n) is 9.89. The van der Waals surface area contributed by atoms with Crippen LogP contribution in [0.3, 0.4) is 0 Å². The van der Waals surface area contributed by atoms with Gasteiger partial charge in [-0.25, -0.2) is 0 Å². The Morgan fingerprint density at radius 2 is 1.65 bits per heavy atom. The zero-order chi connectivity index (χ0) is 26.4. The third-order valence-electron chi connectivity index (χ3n) is 7.53. The number of methoxy groups -OCH3 is 1. The molecule has 2 aliphatic rings. The van der Waals surface area contributed by atoms with Crippen molar-refractivity contribution in [3.05, 3.63) is 53.6 Å². The molecule has 0 saturated carbocycles. The van der Waals surface area contributed by atoms with Crippen molar-refractivity contribution in [1.82, 2.24) is 4.90 Å². The number of esters is 1. The minimum Gasteiger partial charge on any atom is -0.497 e. The van der Waals surface area contributed by atoms with Gasteiger partial charge in [0, 0.05) is 24.4 Å². The fraction of sp³-hybridized carbons (Fsp3) is 0.533. The molecule has 0 aromatic heterocycles. The number of hydrogen-bond acceptors (Lipinski definition) is 7. The highest BCUT2D eigenvalue weighted by Crippen LogP contribution is 2.48. The molecule has 0 aliphatic carbocycles. The molecule has 7 nitrogen and oxygen atoms in total. The third kappa shape index (κ3) is 5.93. The van der Waals surface area contributed by atoms with Gasteiger partial charge in [0.2, 0.25) is 6.79 Å². The molecule has 2 aliphatic heterocycles. The molecule has 200 valence electrons. The molecule has 2 heterocycles. The molecule has 4 rings (SSSR count). The number of likely N-dealkylation sites (tertiary alicyclic amines) is 1. The summed E-state index contributed by atoms with van der Waals surface area (Å²) in [7, 11) is 1.63. The van der Waals surface area contributed by atoms with Crippen LogP contribution in [0.2, 0.25) is 0 Å². The average molecular weight is 510 g/mol. The molecule has 2 aromatic rings.